The molecule has 0 aromatic heterocycles. The quantitative estimate of drug-likeness (QED) is 0.617. The van der Waals surface area contributed by atoms with Gasteiger partial charge in [0.2, 0.25) is 0 Å². The average Bonchev–Trinajstić information content (AvgIpc) is 2.43. The number of nitro groups is 1. The van der Waals surface area contributed by atoms with Crippen molar-refractivity contribution in [3.8, 4) is 11.1 Å². The lowest BCUT2D eigenvalue weighted by atomic mass is 10.0. The molecule has 0 N–H and O–H groups in total. The molecule has 2 rings (SSSR count). The first-order valence-electron chi connectivity index (χ1n) is 6.77. The smallest absolute Gasteiger partial charge is 0.258 e. The van der Waals surface area contributed by atoms with Crippen LogP contribution in [0, 0.1) is 10.1 Å². The van der Waals surface area contributed by atoms with Gasteiger partial charge in [-0.3, -0.25) is 10.1 Å². The Morgan fingerprint density at radius 1 is 1.25 bits per heavy atom. The Morgan fingerprint density at radius 3 is 2.56 bits per heavy atom. The number of nitro benzene ring substituents is 1. The lowest BCUT2D eigenvalue weighted by Crippen LogP contribution is -1.92. The molecule has 0 saturated heterocycles. The molecule has 4 heteroatoms. The Hall–Kier alpha value is -1.68. The molecule has 16 heavy (non-hydrogen) atoms. The van der Waals surface area contributed by atoms with Crippen molar-refractivity contribution in [1.29, 1.82) is 0 Å². The number of benzene rings is 2. The van der Waals surface area contributed by atoms with Crippen LogP contribution in [0.2, 0.25) is 0 Å². The summed E-state index contributed by atoms with van der Waals surface area (Å²) in [5, 5.41) is 11.2. The Balaban J connectivity index is 2.93. The molecule has 0 aliphatic heterocycles. The molecule has 2 aromatic rings. The number of hydrogen-bond donors (Lipinski definition) is 0. The summed E-state index contributed by atoms with van der Waals surface area (Å²) in [7, 11) is 0. The second kappa shape index (κ2) is 4.45. The van der Waals surface area contributed by atoms with Gasteiger partial charge in [-0.05, 0) is 33.6 Å². The molecule has 80 valence electrons. The van der Waals surface area contributed by atoms with E-state index in [0.717, 1.165) is 0 Å². The highest BCUT2D eigenvalue weighted by atomic mass is 79.9. The molecule has 0 fully saturated rings. The first-order chi connectivity index (χ1) is 9.77. The number of hydrogen-bond acceptors (Lipinski definition) is 2. The third kappa shape index (κ3) is 1.97. The SMILES string of the molecule is [2H]c1c([2H])c([2H])c(-c2cccc(Br)c2[N+](=O)[O-])c([2H])c1[2H]. The van der Waals surface area contributed by atoms with E-state index in [1.54, 1.807) is 0 Å². The highest BCUT2D eigenvalue weighted by Crippen LogP contribution is 2.35. The van der Waals surface area contributed by atoms with Crippen molar-refractivity contribution >= 4 is 21.6 Å². The summed E-state index contributed by atoms with van der Waals surface area (Å²) >= 11 is 3.05. The van der Waals surface area contributed by atoms with Crippen molar-refractivity contribution in [3.63, 3.8) is 0 Å². The van der Waals surface area contributed by atoms with Crippen LogP contribution in [-0.4, -0.2) is 4.92 Å². The number of rotatable bonds is 2. The van der Waals surface area contributed by atoms with Gasteiger partial charge in [-0.25, -0.2) is 0 Å². The summed E-state index contributed by atoms with van der Waals surface area (Å²) in [6.07, 6.45) is 0. The second-order valence-corrected chi connectivity index (χ2v) is 3.75. The minimum Gasteiger partial charge on any atom is -0.258 e. The molecule has 0 saturated carbocycles. The lowest BCUT2D eigenvalue weighted by Gasteiger charge is -2.04. The van der Waals surface area contributed by atoms with Crippen molar-refractivity contribution in [2.24, 2.45) is 0 Å². The molecular weight excluding hydrogens is 270 g/mol. The highest BCUT2D eigenvalue weighted by Gasteiger charge is 2.18. The van der Waals surface area contributed by atoms with Gasteiger partial charge in [-0.15, -0.1) is 0 Å². The second-order valence-electron chi connectivity index (χ2n) is 2.89. The van der Waals surface area contributed by atoms with Gasteiger partial charge >= 0.3 is 0 Å². The Morgan fingerprint density at radius 2 is 1.94 bits per heavy atom. The van der Waals surface area contributed by atoms with Gasteiger partial charge in [0.25, 0.3) is 5.69 Å². The topological polar surface area (TPSA) is 43.1 Å². The van der Waals surface area contributed by atoms with E-state index in [2.05, 4.69) is 15.9 Å². The fourth-order valence-corrected chi connectivity index (χ4v) is 1.80. The summed E-state index contributed by atoms with van der Waals surface area (Å²) in [5.41, 5.74) is -0.545. The van der Waals surface area contributed by atoms with E-state index in [1.807, 2.05) is 0 Å². The fourth-order valence-electron chi connectivity index (χ4n) is 1.29. The minimum absolute atomic E-state index is 0.0219. The highest BCUT2D eigenvalue weighted by molar-refractivity contribution is 9.10. The zero-order valence-electron chi connectivity index (χ0n) is 12.9. The van der Waals surface area contributed by atoms with Gasteiger partial charge < -0.3 is 0 Å². The summed E-state index contributed by atoms with van der Waals surface area (Å²) in [5.74, 6) is 0. The summed E-state index contributed by atoms with van der Waals surface area (Å²) in [6, 6.07) is 1.79. The molecule has 3 nitrogen and oxygen atoms in total. The van der Waals surface area contributed by atoms with Gasteiger partial charge in [0.05, 0.1) is 21.8 Å². The number of halogens is 1. The van der Waals surface area contributed by atoms with Crippen LogP contribution >= 0.6 is 15.9 Å². The van der Waals surface area contributed by atoms with Crippen LogP contribution in [0.5, 0.6) is 0 Å². The maximum absolute atomic E-state index is 11.2. The first-order valence-corrected chi connectivity index (χ1v) is 5.06. The molecule has 0 heterocycles. The van der Waals surface area contributed by atoms with Crippen LogP contribution in [0.1, 0.15) is 6.85 Å². The van der Waals surface area contributed by atoms with E-state index >= 15 is 0 Å². The normalized spacial score (nSPS) is 14.4. The Labute approximate surface area is 108 Å². The van der Waals surface area contributed by atoms with Crippen LogP contribution in [0.3, 0.4) is 0 Å². The Kier molecular flexibility index (Phi) is 1.71. The molecule has 0 spiro atoms. The lowest BCUT2D eigenvalue weighted by molar-refractivity contribution is -0.385. The number of para-hydroxylation sites is 1. The van der Waals surface area contributed by atoms with E-state index in [1.165, 1.54) is 18.2 Å². The maximum atomic E-state index is 11.2. The molecule has 0 bridgehead atoms. The molecule has 0 aliphatic carbocycles. The van der Waals surface area contributed by atoms with Gasteiger partial charge in [0.1, 0.15) is 0 Å². The van der Waals surface area contributed by atoms with Crippen LogP contribution < -0.4 is 0 Å². The van der Waals surface area contributed by atoms with E-state index in [-0.39, 0.29) is 21.3 Å². The molecule has 0 amide bonds. The van der Waals surface area contributed by atoms with Crippen LogP contribution in [0.25, 0.3) is 11.1 Å². The van der Waals surface area contributed by atoms with Crippen molar-refractivity contribution in [1.82, 2.24) is 0 Å². The van der Waals surface area contributed by atoms with Crippen molar-refractivity contribution in [2.45, 2.75) is 0 Å². The van der Waals surface area contributed by atoms with Crippen molar-refractivity contribution < 1.29 is 11.8 Å². The fraction of sp³-hybridized carbons (Fsp3) is 0. The monoisotopic (exact) mass is 282 g/mol. The Bertz CT molecular complexity index is 737. The van der Waals surface area contributed by atoms with Crippen LogP contribution in [-0.2, 0) is 0 Å². The van der Waals surface area contributed by atoms with Gasteiger partial charge in [-0.1, -0.05) is 36.3 Å². The zero-order valence-corrected chi connectivity index (χ0v) is 9.46. The summed E-state index contributed by atoms with van der Waals surface area (Å²) < 4.78 is 38.7. The van der Waals surface area contributed by atoms with E-state index in [4.69, 9.17) is 6.85 Å². The average molecular weight is 283 g/mol. The standard InChI is InChI=1S/C12H8BrNO2/c13-11-8-4-7-10(12(11)14(15)16)9-5-2-1-3-6-9/h1-8H/i1D,2D,3D,5D,6D. The third-order valence-electron chi connectivity index (χ3n) is 1.94. The van der Waals surface area contributed by atoms with Crippen molar-refractivity contribution in [2.75, 3.05) is 0 Å². The predicted molar refractivity (Wildman–Crippen MR) is 66.2 cm³/mol. The maximum Gasteiger partial charge on any atom is 0.291 e. The van der Waals surface area contributed by atoms with E-state index in [9.17, 15) is 10.1 Å². The van der Waals surface area contributed by atoms with Crippen molar-refractivity contribution in [3.05, 3.63) is 63.0 Å². The number of nitrogens with zero attached hydrogens (tertiary/aromatic N) is 1. The molecular formula is C12H8BrNO2. The van der Waals surface area contributed by atoms with E-state index in [0.29, 0.717) is 0 Å². The first kappa shape index (κ1) is 6.15. The molecule has 0 aliphatic rings. The minimum atomic E-state index is -0.653. The summed E-state index contributed by atoms with van der Waals surface area (Å²) in [6.45, 7) is 0. The summed E-state index contributed by atoms with van der Waals surface area (Å²) in [4.78, 5) is 10.5. The molecule has 0 unspecified atom stereocenters. The third-order valence-corrected chi connectivity index (χ3v) is 2.58. The molecule has 0 radical (unpaired) electrons. The van der Waals surface area contributed by atoms with Gasteiger partial charge in [-0.2, -0.15) is 0 Å². The molecule has 2 aromatic carbocycles. The van der Waals surface area contributed by atoms with E-state index < -0.39 is 35.1 Å². The van der Waals surface area contributed by atoms with Crippen LogP contribution in [0.15, 0.2) is 52.9 Å². The largest absolute Gasteiger partial charge is 0.291 e. The van der Waals surface area contributed by atoms with Gasteiger partial charge in [0.15, 0.2) is 0 Å². The zero-order chi connectivity index (χ0) is 15.9. The predicted octanol–water partition coefficient (Wildman–Crippen LogP) is 4.02. The van der Waals surface area contributed by atoms with Crippen LogP contribution in [0.4, 0.5) is 5.69 Å². The van der Waals surface area contributed by atoms with Gasteiger partial charge in [0, 0.05) is 0 Å². The molecule has 0 atom stereocenters.